The molecule has 0 N–H and O–H groups in total. The zero-order chi connectivity index (χ0) is 17.1. The predicted octanol–water partition coefficient (Wildman–Crippen LogP) is 2.83. The van der Waals surface area contributed by atoms with E-state index in [-0.39, 0.29) is 11.5 Å². The van der Waals surface area contributed by atoms with Crippen LogP contribution in [0, 0.1) is 18.8 Å². The Hall–Kier alpha value is -1.84. The summed E-state index contributed by atoms with van der Waals surface area (Å²) >= 11 is 0. The second-order valence-corrected chi connectivity index (χ2v) is 6.54. The number of ether oxygens (including phenoxy) is 1. The maximum absolute atomic E-state index is 11.9. The molecule has 1 aromatic carbocycles. The summed E-state index contributed by atoms with van der Waals surface area (Å²) in [5, 5.41) is 0. The number of aryl methyl sites for hydroxylation is 1. The lowest BCUT2D eigenvalue weighted by atomic mass is 10.2. The van der Waals surface area contributed by atoms with E-state index in [1.165, 1.54) is 12.1 Å². The van der Waals surface area contributed by atoms with Gasteiger partial charge in [0, 0.05) is 12.3 Å². The van der Waals surface area contributed by atoms with Crippen LogP contribution in [0.5, 0.6) is 0 Å². The Morgan fingerprint density at radius 1 is 1.13 bits per heavy atom. The van der Waals surface area contributed by atoms with E-state index in [2.05, 4.69) is 16.6 Å². The minimum Gasteiger partial charge on any atom is -0.456 e. The molecule has 0 aliphatic rings. The van der Waals surface area contributed by atoms with E-state index < -0.39 is 16.1 Å². The molecule has 0 saturated heterocycles. The zero-order valence-electron chi connectivity index (χ0n) is 13.5. The van der Waals surface area contributed by atoms with Crippen LogP contribution in [0.25, 0.3) is 0 Å². The topological polar surface area (TPSA) is 69.7 Å². The number of hydrogen-bond acceptors (Lipinski definition) is 5. The first-order chi connectivity index (χ1) is 11.0. The first-order valence-electron chi connectivity index (χ1n) is 7.57. The van der Waals surface area contributed by atoms with Gasteiger partial charge in [-0.05, 0) is 38.8 Å². The number of rotatable bonds is 8. The van der Waals surface area contributed by atoms with Crippen LogP contribution in [0.1, 0.15) is 38.2 Å². The molecule has 0 spiro atoms. The smallest absolute Gasteiger partial charge is 0.384 e. The van der Waals surface area contributed by atoms with E-state index in [4.69, 9.17) is 4.18 Å². The van der Waals surface area contributed by atoms with Gasteiger partial charge in [0.25, 0.3) is 10.1 Å². The molecule has 0 radical (unpaired) electrons. The number of hydrogen-bond donors (Lipinski definition) is 0. The Kier molecular flexibility index (Phi) is 8.38. The van der Waals surface area contributed by atoms with Crippen LogP contribution in [-0.2, 0) is 23.8 Å². The normalized spacial score (nSPS) is 10.7. The fraction of sp³-hybridized carbons (Fsp3) is 0.471. The van der Waals surface area contributed by atoms with Crippen molar-refractivity contribution in [1.29, 1.82) is 0 Å². The summed E-state index contributed by atoms with van der Waals surface area (Å²) in [4.78, 5) is 11.1. The molecule has 0 atom stereocenters. The van der Waals surface area contributed by atoms with Crippen molar-refractivity contribution in [1.82, 2.24) is 0 Å². The Morgan fingerprint density at radius 3 is 2.48 bits per heavy atom. The number of carbonyl (C=O) groups is 1. The second-order valence-electron chi connectivity index (χ2n) is 4.92. The van der Waals surface area contributed by atoms with E-state index in [9.17, 15) is 13.2 Å². The molecule has 0 aromatic heterocycles. The Balaban J connectivity index is 2.22. The number of benzene rings is 1. The van der Waals surface area contributed by atoms with Crippen molar-refractivity contribution in [2.24, 2.45) is 0 Å². The molecule has 0 amide bonds. The summed E-state index contributed by atoms with van der Waals surface area (Å²) in [6, 6.07) is 6.54. The van der Waals surface area contributed by atoms with Gasteiger partial charge in [0.15, 0.2) is 0 Å². The molecule has 6 heteroatoms. The molecule has 0 bridgehead atoms. The van der Waals surface area contributed by atoms with E-state index >= 15 is 0 Å². The molecule has 0 saturated carbocycles. The van der Waals surface area contributed by atoms with Gasteiger partial charge in [-0.15, -0.1) is 0 Å². The van der Waals surface area contributed by atoms with Crippen molar-refractivity contribution in [3.8, 4) is 11.8 Å². The summed E-state index contributed by atoms with van der Waals surface area (Å²) in [6.45, 7) is 4.08. The van der Waals surface area contributed by atoms with Crippen LogP contribution in [-0.4, -0.2) is 27.6 Å². The maximum atomic E-state index is 11.9. The van der Waals surface area contributed by atoms with Crippen molar-refractivity contribution in [3.63, 3.8) is 0 Å². The zero-order valence-corrected chi connectivity index (χ0v) is 14.3. The third-order valence-electron chi connectivity index (χ3n) is 2.96. The summed E-state index contributed by atoms with van der Waals surface area (Å²) < 4.78 is 33.5. The largest absolute Gasteiger partial charge is 0.456 e. The molecule has 0 unspecified atom stereocenters. The van der Waals surface area contributed by atoms with Gasteiger partial charge in [-0.1, -0.05) is 30.0 Å². The minimum atomic E-state index is -3.68. The predicted molar refractivity (Wildman–Crippen MR) is 87.2 cm³/mol. The molecule has 1 rings (SSSR count). The average Bonchev–Trinajstić information content (AvgIpc) is 2.50. The highest BCUT2D eigenvalue weighted by atomic mass is 32.2. The van der Waals surface area contributed by atoms with Gasteiger partial charge in [0.05, 0.1) is 18.1 Å². The Labute approximate surface area is 138 Å². The first kappa shape index (κ1) is 19.2. The third kappa shape index (κ3) is 7.82. The number of carbonyl (C=O) groups excluding carboxylic acids is 1. The maximum Gasteiger partial charge on any atom is 0.384 e. The van der Waals surface area contributed by atoms with Gasteiger partial charge in [-0.25, -0.2) is 4.79 Å². The highest BCUT2D eigenvalue weighted by Gasteiger charge is 2.14. The van der Waals surface area contributed by atoms with Gasteiger partial charge >= 0.3 is 5.97 Å². The van der Waals surface area contributed by atoms with Gasteiger partial charge in [-0.2, -0.15) is 8.42 Å². The SMILES string of the molecule is CCOC(=O)C#CCCCCCOS(=O)(=O)c1ccc(C)cc1. The molecule has 0 aliphatic heterocycles. The quantitative estimate of drug-likeness (QED) is 0.240. The third-order valence-corrected chi connectivity index (χ3v) is 4.29. The van der Waals surface area contributed by atoms with E-state index in [0.717, 1.165) is 18.4 Å². The standard InChI is InChI=1S/C17H22O5S/c1-3-21-17(18)9-7-5-4-6-8-14-22-23(19,20)16-12-10-15(2)11-13-16/h10-13H,3-6,8,14H2,1-2H3. The Bertz CT molecular complexity index is 650. The molecule has 0 heterocycles. The van der Waals surface area contributed by atoms with Crippen LogP contribution >= 0.6 is 0 Å². The highest BCUT2D eigenvalue weighted by Crippen LogP contribution is 2.14. The first-order valence-corrected chi connectivity index (χ1v) is 8.98. The van der Waals surface area contributed by atoms with E-state index in [1.807, 2.05) is 6.92 Å². The lowest BCUT2D eigenvalue weighted by Crippen LogP contribution is -2.07. The number of unbranched alkanes of at least 4 members (excludes halogenated alkanes) is 3. The minimum absolute atomic E-state index is 0.140. The molecule has 0 fully saturated rings. The monoisotopic (exact) mass is 338 g/mol. The summed E-state index contributed by atoms with van der Waals surface area (Å²) in [5.74, 6) is 4.60. The van der Waals surface area contributed by atoms with Crippen molar-refractivity contribution in [2.75, 3.05) is 13.2 Å². The fourth-order valence-corrected chi connectivity index (χ4v) is 2.68. The van der Waals surface area contributed by atoms with Gasteiger partial charge in [0.2, 0.25) is 0 Å². The van der Waals surface area contributed by atoms with Crippen molar-refractivity contribution < 1.29 is 22.1 Å². The fourth-order valence-electron chi connectivity index (χ4n) is 1.74. The molecular formula is C17H22O5S. The van der Waals surface area contributed by atoms with Crippen molar-refractivity contribution in [3.05, 3.63) is 29.8 Å². The lowest BCUT2D eigenvalue weighted by molar-refractivity contribution is -0.136. The van der Waals surface area contributed by atoms with Crippen molar-refractivity contribution >= 4 is 16.1 Å². The lowest BCUT2D eigenvalue weighted by Gasteiger charge is -2.05. The van der Waals surface area contributed by atoms with Crippen LogP contribution in [0.2, 0.25) is 0 Å². The average molecular weight is 338 g/mol. The van der Waals surface area contributed by atoms with Gasteiger partial charge < -0.3 is 4.74 Å². The molecule has 126 valence electrons. The van der Waals surface area contributed by atoms with Crippen LogP contribution in [0.3, 0.4) is 0 Å². The van der Waals surface area contributed by atoms with E-state index in [1.54, 1.807) is 19.1 Å². The molecule has 1 aromatic rings. The van der Waals surface area contributed by atoms with Crippen LogP contribution < -0.4 is 0 Å². The molecule has 5 nitrogen and oxygen atoms in total. The summed E-state index contributed by atoms with van der Waals surface area (Å²) in [6.07, 6.45) is 2.75. The van der Waals surface area contributed by atoms with Crippen molar-refractivity contribution in [2.45, 2.75) is 44.4 Å². The van der Waals surface area contributed by atoms with Crippen LogP contribution in [0.15, 0.2) is 29.2 Å². The summed E-state index contributed by atoms with van der Waals surface area (Å²) in [5.41, 5.74) is 0.993. The van der Waals surface area contributed by atoms with Crippen LogP contribution in [0.4, 0.5) is 0 Å². The molecule has 0 aliphatic carbocycles. The number of esters is 1. The highest BCUT2D eigenvalue weighted by molar-refractivity contribution is 7.86. The molecule has 23 heavy (non-hydrogen) atoms. The second kappa shape index (κ2) is 10.0. The van der Waals surface area contributed by atoms with Gasteiger partial charge in [-0.3, -0.25) is 4.18 Å². The van der Waals surface area contributed by atoms with E-state index in [0.29, 0.717) is 19.4 Å². The summed E-state index contributed by atoms with van der Waals surface area (Å²) in [7, 11) is -3.68. The molecular weight excluding hydrogens is 316 g/mol. The van der Waals surface area contributed by atoms with Gasteiger partial charge in [0.1, 0.15) is 0 Å². The Morgan fingerprint density at radius 2 is 1.83 bits per heavy atom.